The molecule has 0 bridgehead atoms. The number of pyridine rings is 1. The third-order valence-corrected chi connectivity index (χ3v) is 5.64. The molecule has 0 radical (unpaired) electrons. The van der Waals surface area contributed by atoms with E-state index < -0.39 is 9.84 Å². The number of ether oxygens (including phenoxy) is 1. The summed E-state index contributed by atoms with van der Waals surface area (Å²) in [5.74, 6) is 0.614. The molecule has 0 atom stereocenters. The summed E-state index contributed by atoms with van der Waals surface area (Å²) in [6.07, 6.45) is 1.67. The highest BCUT2D eigenvalue weighted by molar-refractivity contribution is 7.91. The van der Waals surface area contributed by atoms with Gasteiger partial charge >= 0.3 is 0 Å². The average molecular weight is 339 g/mol. The molecule has 0 aliphatic heterocycles. The van der Waals surface area contributed by atoms with E-state index in [4.69, 9.17) is 4.74 Å². The first-order valence-corrected chi connectivity index (χ1v) is 8.92. The highest BCUT2D eigenvalue weighted by Gasteiger charge is 2.22. The van der Waals surface area contributed by atoms with Crippen molar-refractivity contribution in [1.82, 2.24) is 4.98 Å². The molecule has 0 amide bonds. The van der Waals surface area contributed by atoms with Gasteiger partial charge < -0.3 is 4.74 Å². The second-order valence-electron chi connectivity index (χ2n) is 5.34. The Morgan fingerprint density at radius 3 is 2.29 bits per heavy atom. The van der Waals surface area contributed by atoms with E-state index in [0.29, 0.717) is 17.0 Å². The zero-order valence-electron chi connectivity index (χ0n) is 13.4. The van der Waals surface area contributed by atoms with Gasteiger partial charge in [-0.15, -0.1) is 0 Å². The summed E-state index contributed by atoms with van der Waals surface area (Å²) < 4.78 is 31.2. The lowest BCUT2D eigenvalue weighted by Crippen LogP contribution is -2.05. The molecule has 24 heavy (non-hydrogen) atoms. The zero-order valence-corrected chi connectivity index (χ0v) is 14.2. The van der Waals surface area contributed by atoms with Crippen LogP contribution in [0.5, 0.6) is 5.75 Å². The molecule has 0 saturated carbocycles. The van der Waals surface area contributed by atoms with Gasteiger partial charge in [0.2, 0.25) is 9.84 Å². The predicted octanol–water partition coefficient (Wildman–Crippen LogP) is 3.90. The van der Waals surface area contributed by atoms with Crippen molar-refractivity contribution in [1.29, 1.82) is 0 Å². The number of nitrogens with zero attached hydrogens (tertiary/aromatic N) is 1. The van der Waals surface area contributed by atoms with Crippen LogP contribution >= 0.6 is 0 Å². The molecular formula is C19H17NO3S. The number of rotatable bonds is 4. The lowest BCUT2D eigenvalue weighted by Gasteiger charge is -2.12. The summed E-state index contributed by atoms with van der Waals surface area (Å²) in [5.41, 5.74) is 2.20. The Morgan fingerprint density at radius 2 is 1.62 bits per heavy atom. The highest BCUT2D eigenvalue weighted by atomic mass is 32.2. The smallest absolute Gasteiger partial charge is 0.207 e. The number of aryl methyl sites for hydroxylation is 1. The number of hydrogen-bond acceptors (Lipinski definition) is 4. The van der Waals surface area contributed by atoms with E-state index in [1.54, 1.807) is 55.8 Å². The Balaban J connectivity index is 2.17. The third-order valence-electron chi connectivity index (χ3n) is 3.81. The summed E-state index contributed by atoms with van der Waals surface area (Å²) in [4.78, 5) is 4.83. The van der Waals surface area contributed by atoms with Gasteiger partial charge in [-0.3, -0.25) is 4.98 Å². The van der Waals surface area contributed by atoms with Gasteiger partial charge in [0.1, 0.15) is 5.75 Å². The van der Waals surface area contributed by atoms with Gasteiger partial charge in [0.25, 0.3) is 0 Å². The number of hydrogen-bond donors (Lipinski definition) is 0. The molecule has 5 heteroatoms. The van der Waals surface area contributed by atoms with Crippen LogP contribution in [-0.2, 0) is 9.84 Å². The molecule has 0 saturated heterocycles. The van der Waals surface area contributed by atoms with Crippen molar-refractivity contribution in [2.75, 3.05) is 7.11 Å². The van der Waals surface area contributed by atoms with Crippen LogP contribution in [-0.4, -0.2) is 20.5 Å². The van der Waals surface area contributed by atoms with Crippen LogP contribution in [0.25, 0.3) is 11.3 Å². The lowest BCUT2D eigenvalue weighted by atomic mass is 10.1. The molecule has 0 spiro atoms. The third kappa shape index (κ3) is 2.90. The molecule has 0 fully saturated rings. The fourth-order valence-electron chi connectivity index (χ4n) is 2.55. The van der Waals surface area contributed by atoms with Crippen LogP contribution < -0.4 is 4.74 Å². The quantitative estimate of drug-likeness (QED) is 0.723. The Labute approximate surface area is 141 Å². The van der Waals surface area contributed by atoms with E-state index >= 15 is 0 Å². The van der Waals surface area contributed by atoms with E-state index in [1.807, 2.05) is 25.1 Å². The van der Waals surface area contributed by atoms with Crippen molar-refractivity contribution in [3.05, 3.63) is 72.4 Å². The first-order valence-electron chi connectivity index (χ1n) is 7.44. The van der Waals surface area contributed by atoms with Crippen LogP contribution in [0.3, 0.4) is 0 Å². The molecule has 1 heterocycles. The van der Waals surface area contributed by atoms with E-state index in [0.717, 1.165) is 5.56 Å². The summed E-state index contributed by atoms with van der Waals surface area (Å²) in [7, 11) is -2.11. The fourth-order valence-corrected chi connectivity index (χ4v) is 4.01. The largest absolute Gasteiger partial charge is 0.497 e. The SMILES string of the molecule is COc1ccc(S(=O)(=O)c2ccccc2-c2ncccc2C)cc1. The van der Waals surface area contributed by atoms with Gasteiger partial charge in [-0.1, -0.05) is 24.3 Å². The Kier molecular flexibility index (Phi) is 4.36. The molecule has 122 valence electrons. The van der Waals surface area contributed by atoms with E-state index in [9.17, 15) is 8.42 Å². The maximum absolute atomic E-state index is 13.1. The maximum atomic E-state index is 13.1. The molecule has 2 aromatic carbocycles. The number of methoxy groups -OCH3 is 1. The van der Waals surface area contributed by atoms with E-state index in [2.05, 4.69) is 4.98 Å². The molecule has 0 aliphatic carbocycles. The van der Waals surface area contributed by atoms with Crippen molar-refractivity contribution < 1.29 is 13.2 Å². The van der Waals surface area contributed by atoms with Crippen molar-refractivity contribution in [3.8, 4) is 17.0 Å². The topological polar surface area (TPSA) is 56.3 Å². The molecule has 4 nitrogen and oxygen atoms in total. The van der Waals surface area contributed by atoms with Gasteiger partial charge in [-0.2, -0.15) is 0 Å². The molecule has 3 aromatic rings. The Bertz CT molecular complexity index is 964. The number of benzene rings is 2. The van der Waals surface area contributed by atoms with E-state index in [1.165, 1.54) is 0 Å². The molecule has 0 aliphatic rings. The summed E-state index contributed by atoms with van der Waals surface area (Å²) in [5, 5.41) is 0. The predicted molar refractivity (Wildman–Crippen MR) is 92.9 cm³/mol. The molecule has 1 aromatic heterocycles. The van der Waals surface area contributed by atoms with E-state index in [-0.39, 0.29) is 9.79 Å². The van der Waals surface area contributed by atoms with Crippen LogP contribution in [0.1, 0.15) is 5.56 Å². The Hall–Kier alpha value is -2.66. The molecular weight excluding hydrogens is 322 g/mol. The van der Waals surface area contributed by atoms with Crippen LogP contribution in [0.15, 0.2) is 76.7 Å². The fraction of sp³-hybridized carbons (Fsp3) is 0.105. The molecule has 3 rings (SSSR count). The number of aromatic nitrogens is 1. The summed E-state index contributed by atoms with van der Waals surface area (Å²) in [6.45, 7) is 1.92. The minimum Gasteiger partial charge on any atom is -0.497 e. The van der Waals surface area contributed by atoms with Crippen LogP contribution in [0.2, 0.25) is 0 Å². The van der Waals surface area contributed by atoms with Crippen molar-refractivity contribution in [2.45, 2.75) is 16.7 Å². The Morgan fingerprint density at radius 1 is 0.917 bits per heavy atom. The van der Waals surface area contributed by atoms with Crippen molar-refractivity contribution in [3.63, 3.8) is 0 Å². The summed E-state index contributed by atoms with van der Waals surface area (Å²) in [6, 6.07) is 17.1. The average Bonchev–Trinajstić information content (AvgIpc) is 2.62. The first kappa shape index (κ1) is 16.2. The summed E-state index contributed by atoms with van der Waals surface area (Å²) >= 11 is 0. The maximum Gasteiger partial charge on any atom is 0.207 e. The number of sulfone groups is 1. The van der Waals surface area contributed by atoms with Gasteiger partial charge in [0.15, 0.2) is 0 Å². The van der Waals surface area contributed by atoms with Gasteiger partial charge in [0.05, 0.1) is 22.6 Å². The second kappa shape index (κ2) is 6.45. The first-order chi connectivity index (χ1) is 11.5. The standard InChI is InChI=1S/C19H17NO3S/c1-14-6-5-13-20-19(14)17-7-3-4-8-18(17)24(21,22)16-11-9-15(23-2)10-12-16/h3-13H,1-2H3. The zero-order chi connectivity index (χ0) is 17.2. The van der Waals surface area contributed by atoms with Crippen molar-refractivity contribution in [2.24, 2.45) is 0 Å². The minimum atomic E-state index is -3.66. The minimum absolute atomic E-state index is 0.226. The molecule has 0 N–H and O–H groups in total. The molecule has 0 unspecified atom stereocenters. The van der Waals surface area contributed by atoms with Crippen molar-refractivity contribution >= 4 is 9.84 Å². The van der Waals surface area contributed by atoms with Crippen LogP contribution in [0.4, 0.5) is 0 Å². The van der Waals surface area contributed by atoms with Crippen LogP contribution in [0, 0.1) is 6.92 Å². The monoisotopic (exact) mass is 339 g/mol. The second-order valence-corrected chi connectivity index (χ2v) is 7.26. The van der Waals surface area contributed by atoms with Gasteiger partial charge in [-0.05, 0) is 48.9 Å². The highest BCUT2D eigenvalue weighted by Crippen LogP contribution is 2.32. The lowest BCUT2D eigenvalue weighted by molar-refractivity contribution is 0.414. The van der Waals surface area contributed by atoms with Gasteiger partial charge in [0, 0.05) is 11.8 Å². The normalized spacial score (nSPS) is 11.2. The van der Waals surface area contributed by atoms with Gasteiger partial charge in [-0.25, -0.2) is 8.42 Å².